The van der Waals surface area contributed by atoms with Gasteiger partial charge in [0.25, 0.3) is 11.8 Å². The van der Waals surface area contributed by atoms with Crippen LogP contribution in [0.2, 0.25) is 0 Å². The predicted molar refractivity (Wildman–Crippen MR) is 168 cm³/mol. The number of unbranched alkanes of at least 4 members (excludes halogenated alkanes) is 3. The summed E-state index contributed by atoms with van der Waals surface area (Å²) in [4.78, 5) is 52.9. The number of nitrogens with two attached hydrogens (primary N) is 1. The fourth-order valence-electron chi connectivity index (χ4n) is 5.91. The van der Waals surface area contributed by atoms with Crippen molar-refractivity contribution in [3.8, 4) is 0 Å². The number of allylic oxidation sites excluding steroid dienone is 1. The van der Waals surface area contributed by atoms with Crippen molar-refractivity contribution in [2.45, 2.75) is 63.6 Å². The van der Waals surface area contributed by atoms with Gasteiger partial charge in [0, 0.05) is 48.6 Å². The molecule has 0 bridgehead atoms. The molecule has 11 heteroatoms. The van der Waals surface area contributed by atoms with Crippen LogP contribution >= 0.6 is 0 Å². The summed E-state index contributed by atoms with van der Waals surface area (Å²) in [5, 5.41) is 16.0. The van der Waals surface area contributed by atoms with Crippen molar-refractivity contribution >= 4 is 45.7 Å². The van der Waals surface area contributed by atoms with Crippen molar-refractivity contribution < 1.29 is 19.5 Å². The van der Waals surface area contributed by atoms with Gasteiger partial charge in [-0.1, -0.05) is 25.0 Å². The number of aliphatic hydroxyl groups is 1. The molecule has 3 aliphatic rings. The average Bonchev–Trinajstić information content (AvgIpc) is 3.84. The van der Waals surface area contributed by atoms with E-state index >= 15 is 0 Å². The van der Waals surface area contributed by atoms with E-state index in [0.717, 1.165) is 90.2 Å². The molecule has 3 heterocycles. The van der Waals surface area contributed by atoms with Crippen molar-refractivity contribution in [2.75, 3.05) is 18.4 Å². The second-order valence-electron chi connectivity index (χ2n) is 11.6. The van der Waals surface area contributed by atoms with Crippen molar-refractivity contribution in [1.82, 2.24) is 20.2 Å². The summed E-state index contributed by atoms with van der Waals surface area (Å²) >= 11 is 0. The zero-order chi connectivity index (χ0) is 30.6. The number of benzene rings is 2. The first-order valence-corrected chi connectivity index (χ1v) is 15.4. The fraction of sp³-hybridized carbons (Fsp3) is 0.394. The second kappa shape index (κ2) is 12.9. The Bertz CT molecular complexity index is 1650. The molecule has 1 aromatic heterocycles. The number of piperidine rings is 1. The highest BCUT2D eigenvalue weighted by Crippen LogP contribution is 2.36. The van der Waals surface area contributed by atoms with Gasteiger partial charge in [-0.3, -0.25) is 29.3 Å². The summed E-state index contributed by atoms with van der Waals surface area (Å²) in [5.74, 6) is -0.751. The van der Waals surface area contributed by atoms with Gasteiger partial charge < -0.3 is 21.5 Å². The zero-order valence-corrected chi connectivity index (χ0v) is 24.5. The maximum absolute atomic E-state index is 13.1. The maximum atomic E-state index is 13.1. The lowest BCUT2D eigenvalue weighted by Crippen LogP contribution is -2.57. The highest BCUT2D eigenvalue weighted by molar-refractivity contribution is 6.25. The molecule has 1 saturated heterocycles. The lowest BCUT2D eigenvalue weighted by atomic mass is 10.0. The minimum atomic E-state index is -1.26. The van der Waals surface area contributed by atoms with E-state index in [9.17, 15) is 19.5 Å². The smallest absolute Gasteiger partial charge is 0.262 e. The van der Waals surface area contributed by atoms with Crippen LogP contribution in [0.3, 0.4) is 0 Å². The van der Waals surface area contributed by atoms with E-state index in [0.29, 0.717) is 17.0 Å². The number of hydrogen-bond acceptors (Lipinski definition) is 9. The first-order valence-electron chi connectivity index (χ1n) is 15.4. The fourth-order valence-corrected chi connectivity index (χ4v) is 5.91. The van der Waals surface area contributed by atoms with Gasteiger partial charge in [0.2, 0.25) is 5.91 Å². The number of para-hydroxylation sites is 2. The van der Waals surface area contributed by atoms with E-state index < -0.39 is 24.1 Å². The van der Waals surface area contributed by atoms with E-state index in [2.05, 4.69) is 15.6 Å². The van der Waals surface area contributed by atoms with Gasteiger partial charge in [0.1, 0.15) is 6.23 Å². The molecule has 2 atom stereocenters. The number of carbonyl (C=O) groups excluding carboxylic acids is 3. The number of aliphatic imine (C=N–C) groups is 1. The normalized spacial score (nSPS) is 20.7. The number of hydrogen-bond donors (Lipinski definition) is 4. The van der Waals surface area contributed by atoms with Crippen LogP contribution in [0.15, 0.2) is 59.9 Å². The van der Waals surface area contributed by atoms with Crippen molar-refractivity contribution in [3.63, 3.8) is 0 Å². The standard InChI is InChI=1S/C33H37N7O4/c34-18-24(27-19-37-25-7-3-4-8-26(25)38-27)30(20-9-10-20)36-16-6-2-1-5-15-35-21-11-12-22-23(17-21)33(44)40(32(22)43)28-13-14-29(41)39-31(28)42/h3-4,7-8,11-12,17-20,28,31,35,42H,1-2,5-6,9-10,13-16,34H2,(H,39,41). The van der Waals surface area contributed by atoms with Gasteiger partial charge >= 0.3 is 0 Å². The van der Waals surface area contributed by atoms with Crippen LogP contribution in [0, 0.1) is 5.92 Å². The molecule has 0 radical (unpaired) electrons. The number of aromatic nitrogens is 2. The Morgan fingerprint density at radius 3 is 2.57 bits per heavy atom. The van der Waals surface area contributed by atoms with E-state index in [4.69, 9.17) is 15.7 Å². The van der Waals surface area contributed by atoms with Gasteiger partial charge in [-0.25, -0.2) is 4.98 Å². The average molecular weight is 596 g/mol. The van der Waals surface area contributed by atoms with Crippen LogP contribution < -0.4 is 16.4 Å². The van der Waals surface area contributed by atoms with E-state index in [1.54, 1.807) is 30.6 Å². The Balaban J connectivity index is 0.968. The van der Waals surface area contributed by atoms with Gasteiger partial charge in [-0.05, 0) is 62.4 Å². The Morgan fingerprint density at radius 2 is 1.80 bits per heavy atom. The van der Waals surface area contributed by atoms with Crippen molar-refractivity contribution in [3.05, 3.63) is 71.7 Å². The summed E-state index contributed by atoms with van der Waals surface area (Å²) in [6, 6.07) is 12.2. The number of anilines is 1. The predicted octanol–water partition coefficient (Wildman–Crippen LogP) is 3.65. The van der Waals surface area contributed by atoms with Crippen LogP contribution in [0.25, 0.3) is 16.6 Å². The molecular formula is C33H37N7O4. The van der Waals surface area contributed by atoms with Gasteiger partial charge in [-0.15, -0.1) is 0 Å². The lowest BCUT2D eigenvalue weighted by molar-refractivity contribution is -0.129. The number of imide groups is 1. The molecule has 2 aliphatic heterocycles. The lowest BCUT2D eigenvalue weighted by Gasteiger charge is -2.33. The number of nitrogens with one attached hydrogen (secondary N) is 2. The van der Waals surface area contributed by atoms with Crippen LogP contribution in [0.1, 0.15) is 77.8 Å². The highest BCUT2D eigenvalue weighted by atomic mass is 16.3. The Kier molecular flexibility index (Phi) is 8.65. The number of rotatable bonds is 12. The minimum Gasteiger partial charge on any atom is -0.404 e. The molecule has 2 aromatic carbocycles. The summed E-state index contributed by atoms with van der Waals surface area (Å²) < 4.78 is 0. The molecule has 2 fully saturated rings. The molecule has 1 aliphatic carbocycles. The molecule has 228 valence electrons. The maximum Gasteiger partial charge on any atom is 0.262 e. The summed E-state index contributed by atoms with van der Waals surface area (Å²) in [6.07, 6.45) is 8.72. The van der Waals surface area contributed by atoms with Crippen molar-refractivity contribution in [2.24, 2.45) is 16.6 Å². The molecule has 44 heavy (non-hydrogen) atoms. The second-order valence-corrected chi connectivity index (χ2v) is 11.6. The quantitative estimate of drug-likeness (QED) is 0.140. The topological polar surface area (TPSA) is 163 Å². The van der Waals surface area contributed by atoms with E-state index in [-0.39, 0.29) is 18.7 Å². The molecule has 6 rings (SSSR count). The summed E-state index contributed by atoms with van der Waals surface area (Å²) in [6.45, 7) is 1.46. The Labute approximate surface area is 255 Å². The highest BCUT2D eigenvalue weighted by Gasteiger charge is 2.44. The molecule has 11 nitrogen and oxygen atoms in total. The number of carbonyl (C=O) groups is 3. The Hall–Kier alpha value is -4.64. The first kappa shape index (κ1) is 29.4. The molecule has 1 saturated carbocycles. The van der Waals surface area contributed by atoms with Crippen LogP contribution in [-0.2, 0) is 4.79 Å². The number of nitrogens with zero attached hydrogens (tertiary/aromatic N) is 4. The third kappa shape index (κ3) is 6.19. The third-order valence-electron chi connectivity index (χ3n) is 8.42. The molecule has 2 unspecified atom stereocenters. The third-order valence-corrected chi connectivity index (χ3v) is 8.42. The number of fused-ring (bicyclic) bond motifs is 2. The first-order chi connectivity index (χ1) is 21.4. The number of amides is 3. The monoisotopic (exact) mass is 595 g/mol. The Morgan fingerprint density at radius 1 is 1.02 bits per heavy atom. The summed E-state index contributed by atoms with van der Waals surface area (Å²) in [7, 11) is 0. The number of aliphatic hydroxyl groups excluding tert-OH is 1. The van der Waals surface area contributed by atoms with E-state index in [1.165, 1.54) is 0 Å². The van der Waals surface area contributed by atoms with Crippen LogP contribution in [0.5, 0.6) is 0 Å². The van der Waals surface area contributed by atoms with Gasteiger partial charge in [-0.2, -0.15) is 0 Å². The van der Waals surface area contributed by atoms with Crippen LogP contribution in [-0.4, -0.2) is 68.8 Å². The largest absolute Gasteiger partial charge is 0.404 e. The van der Waals surface area contributed by atoms with Gasteiger partial charge in [0.15, 0.2) is 0 Å². The zero-order valence-electron chi connectivity index (χ0n) is 24.5. The van der Waals surface area contributed by atoms with E-state index in [1.807, 2.05) is 24.3 Å². The van der Waals surface area contributed by atoms with Gasteiger partial charge in [0.05, 0.1) is 40.1 Å². The molecule has 3 aromatic rings. The molecule has 0 spiro atoms. The SMILES string of the molecule is NC=C(C(=NCCCCCCNc1ccc2c(c1)C(=O)N(C1CCC(=O)NC1O)C2=O)C1CC1)c1cnc2ccccc2n1. The van der Waals surface area contributed by atoms with Crippen molar-refractivity contribution in [1.29, 1.82) is 0 Å². The summed E-state index contributed by atoms with van der Waals surface area (Å²) in [5.41, 5.74) is 11.8. The molecule has 5 N–H and O–H groups in total. The van der Waals surface area contributed by atoms with Crippen LogP contribution in [0.4, 0.5) is 5.69 Å². The minimum absolute atomic E-state index is 0.155. The molecule has 3 amide bonds. The molecular weight excluding hydrogens is 558 g/mol.